The van der Waals surface area contributed by atoms with Gasteiger partial charge in [0.2, 0.25) is 0 Å². The highest BCUT2D eigenvalue weighted by atomic mass is 16.4. The largest absolute Gasteiger partial charge is 0.508 e. The molecule has 0 saturated carbocycles. The van der Waals surface area contributed by atoms with Gasteiger partial charge in [-0.2, -0.15) is 0 Å². The quantitative estimate of drug-likeness (QED) is 0.633. The minimum absolute atomic E-state index is 0.186. The minimum Gasteiger partial charge on any atom is -0.508 e. The topological polar surface area (TPSA) is 60.8 Å². The average molecular weight is 179 g/mol. The molecular formula is C9H9NO3. The van der Waals surface area contributed by atoms with Crippen LogP contribution >= 0.6 is 0 Å². The Bertz CT molecular complexity index is 362. The normalized spacial score (nSPS) is 14.3. The second-order valence-corrected chi connectivity index (χ2v) is 3.00. The molecule has 0 aromatic heterocycles. The predicted octanol–water partition coefficient (Wildman–Crippen LogP) is 1.43. The Hall–Kier alpha value is -1.71. The molecule has 2 rings (SSSR count). The van der Waals surface area contributed by atoms with E-state index in [1.54, 1.807) is 12.1 Å². The number of nitrogens with zero attached hydrogens (tertiary/aromatic N) is 1. The monoisotopic (exact) mass is 179 g/mol. The van der Waals surface area contributed by atoms with Crippen molar-refractivity contribution < 1.29 is 15.0 Å². The van der Waals surface area contributed by atoms with Crippen LogP contribution in [0.4, 0.5) is 10.5 Å². The molecule has 0 radical (unpaired) electrons. The maximum absolute atomic E-state index is 10.7. The lowest BCUT2D eigenvalue weighted by Crippen LogP contribution is -2.26. The highest BCUT2D eigenvalue weighted by Crippen LogP contribution is 2.30. The molecule has 1 aromatic rings. The van der Waals surface area contributed by atoms with Crippen molar-refractivity contribution in [2.75, 3.05) is 11.4 Å². The number of phenols is 1. The molecule has 2 N–H and O–H groups in total. The Morgan fingerprint density at radius 2 is 2.23 bits per heavy atom. The number of hydrogen-bond donors (Lipinski definition) is 2. The van der Waals surface area contributed by atoms with Gasteiger partial charge in [-0.15, -0.1) is 0 Å². The van der Waals surface area contributed by atoms with Crippen LogP contribution in [-0.4, -0.2) is 22.9 Å². The molecule has 1 aromatic carbocycles. The zero-order chi connectivity index (χ0) is 9.42. The summed E-state index contributed by atoms with van der Waals surface area (Å²) in [5.41, 5.74) is 1.58. The van der Waals surface area contributed by atoms with Crippen LogP contribution in [0.5, 0.6) is 5.75 Å². The first-order chi connectivity index (χ1) is 6.18. The van der Waals surface area contributed by atoms with Gasteiger partial charge in [0.05, 0.1) is 5.69 Å². The van der Waals surface area contributed by atoms with E-state index in [2.05, 4.69) is 0 Å². The van der Waals surface area contributed by atoms with Gasteiger partial charge in [-0.25, -0.2) is 4.79 Å². The molecule has 1 amide bonds. The summed E-state index contributed by atoms with van der Waals surface area (Å²) in [5, 5.41) is 17.9. The van der Waals surface area contributed by atoms with Gasteiger partial charge in [0, 0.05) is 6.54 Å². The zero-order valence-electron chi connectivity index (χ0n) is 6.90. The van der Waals surface area contributed by atoms with Crippen molar-refractivity contribution in [2.45, 2.75) is 6.42 Å². The predicted molar refractivity (Wildman–Crippen MR) is 47.2 cm³/mol. The van der Waals surface area contributed by atoms with Crippen LogP contribution in [0.2, 0.25) is 0 Å². The molecule has 0 aliphatic carbocycles. The van der Waals surface area contributed by atoms with Gasteiger partial charge in [-0.1, -0.05) is 0 Å². The van der Waals surface area contributed by atoms with E-state index in [9.17, 15) is 4.79 Å². The summed E-state index contributed by atoms with van der Waals surface area (Å²) >= 11 is 0. The highest BCUT2D eigenvalue weighted by molar-refractivity contribution is 5.89. The number of anilines is 1. The summed E-state index contributed by atoms with van der Waals surface area (Å²) in [4.78, 5) is 12.0. The van der Waals surface area contributed by atoms with Crippen molar-refractivity contribution in [1.82, 2.24) is 0 Å². The Kier molecular flexibility index (Phi) is 1.62. The molecule has 13 heavy (non-hydrogen) atoms. The molecule has 0 saturated heterocycles. The molecule has 0 fully saturated rings. The fourth-order valence-electron chi connectivity index (χ4n) is 1.59. The van der Waals surface area contributed by atoms with Gasteiger partial charge in [0.1, 0.15) is 5.75 Å². The maximum Gasteiger partial charge on any atom is 0.411 e. The maximum atomic E-state index is 10.7. The molecule has 4 heteroatoms. The van der Waals surface area contributed by atoms with Crippen molar-refractivity contribution in [3.8, 4) is 5.75 Å². The second-order valence-electron chi connectivity index (χ2n) is 3.00. The van der Waals surface area contributed by atoms with E-state index in [1.165, 1.54) is 11.0 Å². The van der Waals surface area contributed by atoms with Gasteiger partial charge in [0.25, 0.3) is 0 Å². The van der Waals surface area contributed by atoms with Gasteiger partial charge in [0.15, 0.2) is 0 Å². The number of benzene rings is 1. The van der Waals surface area contributed by atoms with Gasteiger partial charge in [-0.3, -0.25) is 4.90 Å². The van der Waals surface area contributed by atoms with E-state index < -0.39 is 6.09 Å². The smallest absolute Gasteiger partial charge is 0.411 e. The molecule has 4 nitrogen and oxygen atoms in total. The van der Waals surface area contributed by atoms with Crippen molar-refractivity contribution in [1.29, 1.82) is 0 Å². The van der Waals surface area contributed by atoms with E-state index in [0.29, 0.717) is 18.7 Å². The third-order valence-corrected chi connectivity index (χ3v) is 2.19. The number of rotatable bonds is 0. The first-order valence-electron chi connectivity index (χ1n) is 4.01. The first-order valence-corrected chi connectivity index (χ1v) is 4.01. The number of fused-ring (bicyclic) bond motifs is 1. The third-order valence-electron chi connectivity index (χ3n) is 2.19. The lowest BCUT2D eigenvalue weighted by Gasteiger charge is -2.11. The summed E-state index contributed by atoms with van der Waals surface area (Å²) in [6.45, 7) is 0.480. The van der Waals surface area contributed by atoms with Crippen molar-refractivity contribution in [3.05, 3.63) is 23.8 Å². The molecule has 1 aliphatic heterocycles. The SMILES string of the molecule is O=C(O)N1CCc2cc(O)ccc21. The molecule has 0 atom stereocenters. The van der Waals surface area contributed by atoms with Crippen LogP contribution in [0, 0.1) is 0 Å². The van der Waals surface area contributed by atoms with Gasteiger partial charge < -0.3 is 10.2 Å². The van der Waals surface area contributed by atoms with Crippen LogP contribution < -0.4 is 4.90 Å². The number of amides is 1. The van der Waals surface area contributed by atoms with E-state index in [0.717, 1.165) is 5.56 Å². The van der Waals surface area contributed by atoms with E-state index >= 15 is 0 Å². The number of hydrogen-bond acceptors (Lipinski definition) is 2. The Balaban J connectivity index is 2.44. The zero-order valence-corrected chi connectivity index (χ0v) is 6.90. The molecule has 1 aliphatic rings. The van der Waals surface area contributed by atoms with Gasteiger partial charge >= 0.3 is 6.09 Å². The number of carboxylic acid groups (broad SMARTS) is 1. The van der Waals surface area contributed by atoms with E-state index in [-0.39, 0.29) is 5.75 Å². The number of carbonyl (C=O) groups is 1. The Morgan fingerprint density at radius 3 is 2.92 bits per heavy atom. The summed E-state index contributed by atoms with van der Waals surface area (Å²) in [6.07, 6.45) is -0.264. The second kappa shape index (κ2) is 2.65. The summed E-state index contributed by atoms with van der Waals surface area (Å²) < 4.78 is 0. The van der Waals surface area contributed by atoms with E-state index in [1.807, 2.05) is 0 Å². The van der Waals surface area contributed by atoms with Crippen LogP contribution in [-0.2, 0) is 6.42 Å². The lowest BCUT2D eigenvalue weighted by molar-refractivity contribution is 0.202. The molecule has 68 valence electrons. The summed E-state index contributed by atoms with van der Waals surface area (Å²) in [6, 6.07) is 4.74. The van der Waals surface area contributed by atoms with Crippen LogP contribution in [0.1, 0.15) is 5.56 Å². The number of phenolic OH excluding ortho intramolecular Hbond substituents is 1. The van der Waals surface area contributed by atoms with Crippen LogP contribution in [0.15, 0.2) is 18.2 Å². The van der Waals surface area contributed by atoms with Crippen molar-refractivity contribution in [2.24, 2.45) is 0 Å². The standard InChI is InChI=1S/C9H9NO3/c11-7-1-2-8-6(5-7)3-4-10(8)9(12)13/h1-2,5,11H,3-4H2,(H,12,13). The highest BCUT2D eigenvalue weighted by Gasteiger charge is 2.23. The molecule has 0 spiro atoms. The van der Waals surface area contributed by atoms with Crippen molar-refractivity contribution in [3.63, 3.8) is 0 Å². The fraction of sp³-hybridized carbons (Fsp3) is 0.222. The molecule has 0 unspecified atom stereocenters. The molecular weight excluding hydrogens is 170 g/mol. The van der Waals surface area contributed by atoms with E-state index in [4.69, 9.17) is 10.2 Å². The first kappa shape index (κ1) is 7.91. The van der Waals surface area contributed by atoms with Crippen molar-refractivity contribution >= 4 is 11.8 Å². The summed E-state index contributed by atoms with van der Waals surface area (Å²) in [7, 11) is 0. The van der Waals surface area contributed by atoms with Crippen LogP contribution in [0.25, 0.3) is 0 Å². The lowest BCUT2D eigenvalue weighted by atomic mass is 10.1. The molecule has 1 heterocycles. The molecule has 0 bridgehead atoms. The van der Waals surface area contributed by atoms with Crippen LogP contribution in [0.3, 0.4) is 0 Å². The summed E-state index contributed by atoms with van der Waals surface area (Å²) in [5.74, 6) is 0.186. The Morgan fingerprint density at radius 1 is 1.46 bits per heavy atom. The number of aromatic hydroxyl groups is 1. The third kappa shape index (κ3) is 1.20. The Labute approximate surface area is 75.0 Å². The van der Waals surface area contributed by atoms with Gasteiger partial charge in [-0.05, 0) is 30.2 Å². The fourth-order valence-corrected chi connectivity index (χ4v) is 1.59. The average Bonchev–Trinajstić information content (AvgIpc) is 2.46. The minimum atomic E-state index is -0.940.